The molecule has 0 aliphatic carbocycles. The van der Waals surface area contributed by atoms with Crippen molar-refractivity contribution in [2.45, 2.75) is 23.8 Å². The third kappa shape index (κ3) is 6.99. The van der Waals surface area contributed by atoms with Gasteiger partial charge in [0, 0.05) is 0 Å². The van der Waals surface area contributed by atoms with Gasteiger partial charge in [-0.05, 0) is 37.1 Å². The minimum absolute atomic E-state index is 0.0738. The van der Waals surface area contributed by atoms with E-state index in [1.807, 2.05) is 0 Å². The lowest BCUT2D eigenvalue weighted by atomic mass is 10.2. The fourth-order valence-electron chi connectivity index (χ4n) is 1.86. The third-order valence-electron chi connectivity index (χ3n) is 3.00. The van der Waals surface area contributed by atoms with Crippen molar-refractivity contribution in [3.63, 3.8) is 0 Å². The number of hydrogen-bond donors (Lipinski definition) is 1. The summed E-state index contributed by atoms with van der Waals surface area (Å²) in [6, 6.07) is 4.55. The average molecular weight is 378 g/mol. The minimum atomic E-state index is -3.75. The van der Waals surface area contributed by atoms with Gasteiger partial charge in [0.2, 0.25) is 0 Å². The van der Waals surface area contributed by atoms with E-state index >= 15 is 0 Å². The highest BCUT2D eigenvalue weighted by Crippen LogP contribution is 2.15. The van der Waals surface area contributed by atoms with E-state index < -0.39 is 44.4 Å². The van der Waals surface area contributed by atoms with Crippen molar-refractivity contribution in [1.29, 1.82) is 0 Å². The van der Waals surface area contributed by atoms with E-state index in [4.69, 9.17) is 5.11 Å². The number of benzene rings is 1. The Morgan fingerprint density at radius 1 is 1.16 bits per heavy atom. The molecule has 0 aliphatic rings. The van der Waals surface area contributed by atoms with Gasteiger partial charge < -0.3 is 14.8 Å². The molecule has 0 saturated heterocycles. The first-order chi connectivity index (χ1) is 11.6. The number of carbonyl (C=O) groups is 1. The summed E-state index contributed by atoms with van der Waals surface area (Å²) in [5.41, 5.74) is -0.0738. The SMILES string of the molecule is O=C(O)c1ccc(S(=O)(=O)CCCC(CO[N+](=O)[O-])O[N+](=O)[O-])cc1. The Bertz CT molecular complexity index is 731. The van der Waals surface area contributed by atoms with Crippen LogP contribution in [0.4, 0.5) is 0 Å². The van der Waals surface area contributed by atoms with Gasteiger partial charge in [0.25, 0.3) is 10.2 Å². The van der Waals surface area contributed by atoms with Crippen molar-refractivity contribution in [3.05, 3.63) is 50.1 Å². The van der Waals surface area contributed by atoms with Crippen molar-refractivity contribution in [2.75, 3.05) is 12.4 Å². The van der Waals surface area contributed by atoms with Crippen molar-refractivity contribution >= 4 is 15.8 Å². The zero-order chi connectivity index (χ0) is 19.0. The lowest BCUT2D eigenvalue weighted by Crippen LogP contribution is -2.25. The maximum atomic E-state index is 12.1. The summed E-state index contributed by atoms with van der Waals surface area (Å²) >= 11 is 0. The first kappa shape index (κ1) is 20.1. The second-order valence-corrected chi connectivity index (χ2v) is 6.87. The average Bonchev–Trinajstić information content (AvgIpc) is 2.51. The van der Waals surface area contributed by atoms with Gasteiger partial charge in [0.05, 0.1) is 16.2 Å². The van der Waals surface area contributed by atoms with Crippen LogP contribution in [0.1, 0.15) is 23.2 Å². The molecule has 25 heavy (non-hydrogen) atoms. The van der Waals surface area contributed by atoms with Crippen LogP contribution in [0.2, 0.25) is 0 Å². The molecule has 12 nitrogen and oxygen atoms in total. The summed E-state index contributed by atoms with van der Waals surface area (Å²) in [7, 11) is -3.75. The first-order valence-corrected chi connectivity index (χ1v) is 8.41. The Hall–Kier alpha value is -2.96. The van der Waals surface area contributed by atoms with Crippen LogP contribution in [0.15, 0.2) is 29.2 Å². The maximum absolute atomic E-state index is 12.1. The molecule has 13 heteroatoms. The minimum Gasteiger partial charge on any atom is -0.478 e. The van der Waals surface area contributed by atoms with Crippen molar-refractivity contribution in [3.8, 4) is 0 Å². The molecule has 0 saturated carbocycles. The summed E-state index contributed by atoms with van der Waals surface area (Å²) in [5.74, 6) is -1.61. The molecule has 0 aliphatic heterocycles. The summed E-state index contributed by atoms with van der Waals surface area (Å²) in [6.07, 6.45) is -1.53. The molecule has 1 aromatic rings. The molecule has 0 aromatic heterocycles. The Balaban J connectivity index is 2.64. The van der Waals surface area contributed by atoms with E-state index in [9.17, 15) is 33.4 Å². The van der Waals surface area contributed by atoms with Crippen LogP contribution in [0.3, 0.4) is 0 Å². The van der Waals surface area contributed by atoms with Crippen LogP contribution in [0, 0.1) is 20.2 Å². The zero-order valence-corrected chi connectivity index (χ0v) is 13.5. The molecule has 0 heterocycles. The molecule has 0 fully saturated rings. The van der Waals surface area contributed by atoms with Gasteiger partial charge in [-0.2, -0.15) is 0 Å². The highest BCUT2D eigenvalue weighted by molar-refractivity contribution is 7.91. The van der Waals surface area contributed by atoms with Gasteiger partial charge in [0.15, 0.2) is 9.84 Å². The van der Waals surface area contributed by atoms with Crippen LogP contribution in [-0.2, 0) is 19.5 Å². The summed E-state index contributed by atoms with van der Waals surface area (Å²) in [4.78, 5) is 39.2. The Kier molecular flexibility index (Phi) is 7.05. The Labute approximate surface area is 141 Å². The van der Waals surface area contributed by atoms with Crippen molar-refractivity contribution < 1.29 is 38.2 Å². The fraction of sp³-hybridized carbons (Fsp3) is 0.417. The van der Waals surface area contributed by atoms with E-state index in [1.54, 1.807) is 0 Å². The molecule has 0 spiro atoms. The van der Waals surface area contributed by atoms with Crippen LogP contribution in [-0.4, -0.2) is 48.1 Å². The van der Waals surface area contributed by atoms with E-state index in [0.29, 0.717) is 0 Å². The first-order valence-electron chi connectivity index (χ1n) is 6.76. The molecule has 0 radical (unpaired) electrons. The molecule has 0 amide bonds. The van der Waals surface area contributed by atoms with Crippen LogP contribution >= 0.6 is 0 Å². The normalized spacial score (nSPS) is 12.2. The molecular weight excluding hydrogens is 364 g/mol. The predicted molar refractivity (Wildman–Crippen MR) is 79.5 cm³/mol. The third-order valence-corrected chi connectivity index (χ3v) is 4.82. The second-order valence-electron chi connectivity index (χ2n) is 4.76. The number of hydrogen-bond acceptors (Lipinski definition) is 9. The molecule has 0 bridgehead atoms. The van der Waals surface area contributed by atoms with E-state index in [0.717, 1.165) is 24.3 Å². The van der Waals surface area contributed by atoms with E-state index in [1.165, 1.54) is 0 Å². The standard InChI is InChI=1S/C12H14N2O10S/c15-12(16)9-3-5-11(6-4-9)25(21,22)7-1-2-10(24-14(19)20)8-23-13(17)18/h3-6,10H,1-2,7-8H2,(H,15,16). The summed E-state index contributed by atoms with van der Waals surface area (Å²) in [5, 5.41) is 26.9. The highest BCUT2D eigenvalue weighted by atomic mass is 32.2. The van der Waals surface area contributed by atoms with Gasteiger partial charge in [-0.3, -0.25) is 0 Å². The quantitative estimate of drug-likeness (QED) is 0.426. The predicted octanol–water partition coefficient (Wildman–Crippen LogP) is 0.724. The monoisotopic (exact) mass is 378 g/mol. The van der Waals surface area contributed by atoms with Crippen LogP contribution < -0.4 is 0 Å². The molecule has 1 atom stereocenters. The van der Waals surface area contributed by atoms with Gasteiger partial charge in [-0.15, -0.1) is 20.2 Å². The van der Waals surface area contributed by atoms with Gasteiger partial charge >= 0.3 is 5.97 Å². The van der Waals surface area contributed by atoms with Crippen LogP contribution in [0.25, 0.3) is 0 Å². The molecular formula is C12H14N2O10S. The highest BCUT2D eigenvalue weighted by Gasteiger charge is 2.19. The number of aromatic carboxylic acids is 1. The number of carboxylic acid groups (broad SMARTS) is 1. The lowest BCUT2D eigenvalue weighted by molar-refractivity contribution is -0.790. The topological polar surface area (TPSA) is 176 Å². The van der Waals surface area contributed by atoms with E-state index in [-0.39, 0.29) is 23.3 Å². The molecule has 138 valence electrons. The smallest absolute Gasteiger partial charge is 0.335 e. The van der Waals surface area contributed by atoms with Gasteiger partial charge in [-0.1, -0.05) is 0 Å². The Morgan fingerprint density at radius 2 is 1.76 bits per heavy atom. The number of nitrogens with zero attached hydrogens (tertiary/aromatic N) is 2. The largest absolute Gasteiger partial charge is 0.478 e. The van der Waals surface area contributed by atoms with Gasteiger partial charge in [0.1, 0.15) is 12.7 Å². The van der Waals surface area contributed by atoms with Gasteiger partial charge in [-0.25, -0.2) is 13.2 Å². The Morgan fingerprint density at radius 3 is 2.24 bits per heavy atom. The fourth-order valence-corrected chi connectivity index (χ4v) is 3.19. The van der Waals surface area contributed by atoms with E-state index in [2.05, 4.69) is 9.68 Å². The number of carboxylic acids is 1. The molecule has 1 rings (SSSR count). The maximum Gasteiger partial charge on any atom is 0.335 e. The second kappa shape index (κ2) is 8.77. The summed E-state index contributed by atoms with van der Waals surface area (Å²) in [6.45, 7) is -0.707. The molecule has 1 N–H and O–H groups in total. The number of sulfone groups is 1. The summed E-state index contributed by atoms with van der Waals surface area (Å²) < 4.78 is 24.2. The molecule has 1 unspecified atom stereocenters. The van der Waals surface area contributed by atoms with Crippen LogP contribution in [0.5, 0.6) is 0 Å². The van der Waals surface area contributed by atoms with Crippen molar-refractivity contribution in [2.24, 2.45) is 0 Å². The number of rotatable bonds is 11. The van der Waals surface area contributed by atoms with Crippen molar-refractivity contribution in [1.82, 2.24) is 0 Å². The lowest BCUT2D eigenvalue weighted by Gasteiger charge is -2.13. The zero-order valence-electron chi connectivity index (χ0n) is 12.6. The molecule has 1 aromatic carbocycles.